The Morgan fingerprint density at radius 1 is 1.29 bits per heavy atom. The van der Waals surface area contributed by atoms with Crippen molar-refractivity contribution in [3.63, 3.8) is 0 Å². The van der Waals surface area contributed by atoms with Gasteiger partial charge in [0.2, 0.25) is 5.91 Å². The average molecular weight is 299 g/mol. The smallest absolute Gasteiger partial charge is 0.312 e. The van der Waals surface area contributed by atoms with Crippen molar-refractivity contribution in [2.75, 3.05) is 13.1 Å². The Hall–Kier alpha value is -1.79. The summed E-state index contributed by atoms with van der Waals surface area (Å²) in [6, 6.07) is -1.36. The maximum atomic E-state index is 12.5. The van der Waals surface area contributed by atoms with Crippen LogP contribution in [0.1, 0.15) is 40.0 Å². The van der Waals surface area contributed by atoms with Gasteiger partial charge in [0.15, 0.2) is 0 Å². The fourth-order valence-electron chi connectivity index (χ4n) is 2.52. The van der Waals surface area contributed by atoms with Gasteiger partial charge >= 0.3 is 12.0 Å². The number of hydrogen-bond donors (Lipinski definition) is 3. The second-order valence-corrected chi connectivity index (χ2v) is 6.38. The second-order valence-electron chi connectivity index (χ2n) is 6.38. The third-order valence-electron chi connectivity index (χ3n) is 4.02. The molecule has 7 heteroatoms. The highest BCUT2D eigenvalue weighted by Gasteiger charge is 2.39. The van der Waals surface area contributed by atoms with Gasteiger partial charge in [-0.1, -0.05) is 13.8 Å². The summed E-state index contributed by atoms with van der Waals surface area (Å²) in [5.74, 6) is -0.779. The predicted molar refractivity (Wildman–Crippen MR) is 77.5 cm³/mol. The normalized spacial score (nSPS) is 19.1. The Morgan fingerprint density at radius 3 is 2.19 bits per heavy atom. The molecule has 0 radical (unpaired) electrons. The van der Waals surface area contributed by atoms with Gasteiger partial charge in [-0.05, 0) is 32.1 Å². The van der Waals surface area contributed by atoms with Gasteiger partial charge in [0.1, 0.15) is 6.04 Å². The van der Waals surface area contributed by atoms with Gasteiger partial charge in [-0.2, -0.15) is 0 Å². The van der Waals surface area contributed by atoms with Crippen molar-refractivity contribution in [3.05, 3.63) is 0 Å². The summed E-state index contributed by atoms with van der Waals surface area (Å²) < 4.78 is 0. The number of nitrogens with one attached hydrogen (secondary N) is 1. The highest BCUT2D eigenvalue weighted by atomic mass is 16.4. The molecule has 0 aromatic heterocycles. The van der Waals surface area contributed by atoms with Crippen LogP contribution in [0.25, 0.3) is 0 Å². The van der Waals surface area contributed by atoms with E-state index in [1.807, 2.05) is 13.8 Å². The third-order valence-corrected chi connectivity index (χ3v) is 4.02. The highest BCUT2D eigenvalue weighted by Crippen LogP contribution is 2.31. The zero-order chi connectivity index (χ0) is 16.2. The summed E-state index contributed by atoms with van der Waals surface area (Å²) in [6.45, 7) is 6.39. The van der Waals surface area contributed by atoms with Crippen molar-refractivity contribution in [1.82, 2.24) is 10.2 Å². The molecule has 3 amide bonds. The van der Waals surface area contributed by atoms with Crippen molar-refractivity contribution >= 4 is 17.9 Å². The number of carbonyl (C=O) groups excluding carboxylic acids is 2. The number of primary amides is 1. The van der Waals surface area contributed by atoms with Crippen LogP contribution in [-0.2, 0) is 9.59 Å². The summed E-state index contributed by atoms with van der Waals surface area (Å²) in [4.78, 5) is 36.3. The van der Waals surface area contributed by atoms with Crippen LogP contribution in [0.5, 0.6) is 0 Å². The standard InChI is InChI=1S/C14H25N3O4/c1-9(2)8-10(16-13(15)21)11(18)17-6-4-14(3,5-7-17)12(19)20/h9-10H,4-8H2,1-3H3,(H,19,20)(H3,15,16,21). The summed E-state index contributed by atoms with van der Waals surface area (Å²) in [6.07, 6.45) is 1.34. The number of urea groups is 1. The lowest BCUT2D eigenvalue weighted by atomic mass is 9.80. The van der Waals surface area contributed by atoms with Crippen LogP contribution in [0.3, 0.4) is 0 Å². The molecule has 1 aliphatic rings. The van der Waals surface area contributed by atoms with Gasteiger partial charge < -0.3 is 21.1 Å². The molecule has 0 bridgehead atoms. The number of hydrogen-bond acceptors (Lipinski definition) is 3. The molecule has 1 aliphatic heterocycles. The quantitative estimate of drug-likeness (QED) is 0.696. The number of aliphatic carboxylic acids is 1. The van der Waals surface area contributed by atoms with Crippen LogP contribution in [0.4, 0.5) is 4.79 Å². The maximum absolute atomic E-state index is 12.5. The number of piperidine rings is 1. The largest absolute Gasteiger partial charge is 0.481 e. The summed E-state index contributed by atoms with van der Waals surface area (Å²) in [5, 5.41) is 11.7. The van der Waals surface area contributed by atoms with Gasteiger partial charge in [0, 0.05) is 13.1 Å². The van der Waals surface area contributed by atoms with Crippen LogP contribution in [0.2, 0.25) is 0 Å². The summed E-state index contributed by atoms with van der Waals surface area (Å²) in [5.41, 5.74) is 4.34. The number of likely N-dealkylation sites (tertiary alicyclic amines) is 1. The lowest BCUT2D eigenvalue weighted by molar-refractivity contribution is -0.153. The summed E-state index contributed by atoms with van der Waals surface area (Å²) >= 11 is 0. The Balaban J connectivity index is 2.69. The molecule has 21 heavy (non-hydrogen) atoms. The topological polar surface area (TPSA) is 113 Å². The molecule has 1 atom stereocenters. The monoisotopic (exact) mass is 299 g/mol. The molecule has 1 fully saturated rings. The third kappa shape index (κ3) is 4.61. The highest BCUT2D eigenvalue weighted by molar-refractivity contribution is 5.87. The molecule has 1 rings (SSSR count). The number of nitrogens with zero attached hydrogens (tertiary/aromatic N) is 1. The number of carbonyl (C=O) groups is 3. The molecule has 0 saturated carbocycles. The van der Waals surface area contributed by atoms with Crippen molar-refractivity contribution < 1.29 is 19.5 Å². The van der Waals surface area contributed by atoms with Gasteiger partial charge in [0.05, 0.1) is 5.41 Å². The maximum Gasteiger partial charge on any atom is 0.312 e. The van der Waals surface area contributed by atoms with Gasteiger partial charge in [-0.25, -0.2) is 4.79 Å². The van der Waals surface area contributed by atoms with Gasteiger partial charge in [-0.3, -0.25) is 9.59 Å². The molecule has 4 N–H and O–H groups in total. The van der Waals surface area contributed by atoms with E-state index in [9.17, 15) is 19.5 Å². The van der Waals surface area contributed by atoms with Crippen LogP contribution in [0, 0.1) is 11.3 Å². The first-order valence-corrected chi connectivity index (χ1v) is 7.24. The summed E-state index contributed by atoms with van der Waals surface area (Å²) in [7, 11) is 0. The van der Waals surface area contributed by atoms with E-state index in [2.05, 4.69) is 5.32 Å². The SMILES string of the molecule is CC(C)CC(NC(N)=O)C(=O)N1CCC(C)(C(=O)O)CC1. The lowest BCUT2D eigenvalue weighted by Gasteiger charge is -2.38. The van der Waals surface area contributed by atoms with Gasteiger partial charge in [0.25, 0.3) is 0 Å². The van der Waals surface area contributed by atoms with E-state index in [-0.39, 0.29) is 11.8 Å². The fourth-order valence-corrected chi connectivity index (χ4v) is 2.52. The van der Waals surface area contributed by atoms with Gasteiger partial charge in [-0.15, -0.1) is 0 Å². The van der Waals surface area contributed by atoms with Crippen LogP contribution >= 0.6 is 0 Å². The van der Waals surface area contributed by atoms with Crippen molar-refractivity contribution in [1.29, 1.82) is 0 Å². The molecule has 120 valence electrons. The number of rotatable bonds is 5. The number of carboxylic acids is 1. The van der Waals surface area contributed by atoms with Crippen LogP contribution < -0.4 is 11.1 Å². The Kier molecular flexibility index (Phi) is 5.57. The molecule has 1 saturated heterocycles. The van der Waals surface area contributed by atoms with E-state index in [1.165, 1.54) is 0 Å². The number of carboxylic acid groups (broad SMARTS) is 1. The minimum atomic E-state index is -0.830. The van der Waals surface area contributed by atoms with Crippen LogP contribution in [-0.4, -0.2) is 47.0 Å². The first kappa shape index (κ1) is 17.3. The Labute approximate surface area is 124 Å². The van der Waals surface area contributed by atoms with Crippen molar-refractivity contribution in [2.45, 2.75) is 46.1 Å². The fraction of sp³-hybridized carbons (Fsp3) is 0.786. The van der Waals surface area contributed by atoms with Crippen molar-refractivity contribution in [2.24, 2.45) is 17.1 Å². The van der Waals surface area contributed by atoms with E-state index in [0.29, 0.717) is 32.4 Å². The molecule has 1 heterocycles. The molecular formula is C14H25N3O4. The van der Waals surface area contributed by atoms with E-state index in [4.69, 9.17) is 5.73 Å². The molecule has 0 aromatic carbocycles. The molecule has 0 spiro atoms. The van der Waals surface area contributed by atoms with E-state index >= 15 is 0 Å². The zero-order valence-corrected chi connectivity index (χ0v) is 12.9. The Bertz CT molecular complexity index is 414. The van der Waals surface area contributed by atoms with E-state index in [1.54, 1.807) is 11.8 Å². The van der Waals surface area contributed by atoms with E-state index < -0.39 is 23.5 Å². The first-order valence-electron chi connectivity index (χ1n) is 7.24. The first-order chi connectivity index (χ1) is 9.65. The molecular weight excluding hydrogens is 274 g/mol. The average Bonchev–Trinajstić information content (AvgIpc) is 2.36. The minimum absolute atomic E-state index is 0.185. The second kappa shape index (κ2) is 6.78. The molecule has 0 aliphatic carbocycles. The van der Waals surface area contributed by atoms with Crippen LogP contribution in [0.15, 0.2) is 0 Å². The van der Waals surface area contributed by atoms with Crippen molar-refractivity contribution in [3.8, 4) is 0 Å². The minimum Gasteiger partial charge on any atom is -0.481 e. The lowest BCUT2D eigenvalue weighted by Crippen LogP contribution is -2.54. The number of amides is 3. The molecule has 7 nitrogen and oxygen atoms in total. The predicted octanol–water partition coefficient (Wildman–Crippen LogP) is 0.783. The number of nitrogens with two attached hydrogens (primary N) is 1. The van der Waals surface area contributed by atoms with E-state index in [0.717, 1.165) is 0 Å². The zero-order valence-electron chi connectivity index (χ0n) is 12.9. The Morgan fingerprint density at radius 2 is 1.81 bits per heavy atom. The molecule has 1 unspecified atom stereocenters. The molecule has 0 aromatic rings.